The molecule has 0 fully saturated rings. The molecule has 0 aliphatic rings. The number of aromatic nitrogens is 2. The molecular formula is C12H16N2. The third kappa shape index (κ3) is 2.05. The van der Waals surface area contributed by atoms with Gasteiger partial charge in [-0.05, 0) is 19.8 Å². The van der Waals surface area contributed by atoms with Crippen molar-refractivity contribution in [2.75, 3.05) is 0 Å². The average molecular weight is 188 g/mol. The minimum Gasteiger partial charge on any atom is -0.272 e. The van der Waals surface area contributed by atoms with Crippen LogP contribution in [-0.2, 0) is 19.9 Å². The van der Waals surface area contributed by atoms with Crippen LogP contribution >= 0.6 is 0 Å². The monoisotopic (exact) mass is 188 g/mol. The lowest BCUT2D eigenvalue weighted by Gasteiger charge is -2.02. The summed E-state index contributed by atoms with van der Waals surface area (Å²) >= 11 is 0. The Bertz CT molecular complexity index is 366. The lowest BCUT2D eigenvalue weighted by atomic mass is 10.1. The van der Waals surface area contributed by atoms with Crippen LogP contribution in [0, 0.1) is 19.3 Å². The van der Waals surface area contributed by atoms with Crippen LogP contribution in [0.5, 0.6) is 0 Å². The predicted octanol–water partition coefficient (Wildman–Crippen LogP) is 2.02. The third-order valence-corrected chi connectivity index (χ3v) is 2.34. The Morgan fingerprint density at radius 2 is 2.36 bits per heavy atom. The number of hydrogen-bond acceptors (Lipinski definition) is 1. The van der Waals surface area contributed by atoms with Crippen LogP contribution in [0.2, 0.25) is 0 Å². The molecule has 0 N–H and O–H groups in total. The molecule has 14 heavy (non-hydrogen) atoms. The molecule has 1 rings (SSSR count). The number of allylic oxidation sites excluding steroid dienone is 1. The van der Waals surface area contributed by atoms with E-state index in [2.05, 4.69) is 17.6 Å². The summed E-state index contributed by atoms with van der Waals surface area (Å²) in [4.78, 5) is 0. The van der Waals surface area contributed by atoms with Gasteiger partial charge in [0.1, 0.15) is 0 Å². The molecule has 0 amide bonds. The van der Waals surface area contributed by atoms with E-state index in [1.54, 1.807) is 0 Å². The van der Waals surface area contributed by atoms with Gasteiger partial charge in [-0.15, -0.1) is 18.9 Å². The van der Waals surface area contributed by atoms with Gasteiger partial charge < -0.3 is 0 Å². The van der Waals surface area contributed by atoms with Crippen molar-refractivity contribution in [2.24, 2.45) is 7.05 Å². The summed E-state index contributed by atoms with van der Waals surface area (Å²) < 4.78 is 1.92. The molecule has 0 spiro atoms. The van der Waals surface area contributed by atoms with Gasteiger partial charge in [-0.1, -0.05) is 6.08 Å². The molecule has 0 radical (unpaired) electrons. The molecule has 0 aliphatic carbocycles. The van der Waals surface area contributed by atoms with Gasteiger partial charge in [0.05, 0.1) is 5.69 Å². The van der Waals surface area contributed by atoms with E-state index in [1.807, 2.05) is 24.7 Å². The molecule has 0 aliphatic heterocycles. The first kappa shape index (κ1) is 10.6. The molecule has 0 bridgehead atoms. The van der Waals surface area contributed by atoms with Crippen molar-refractivity contribution < 1.29 is 0 Å². The van der Waals surface area contributed by atoms with Crippen LogP contribution in [0.3, 0.4) is 0 Å². The highest BCUT2D eigenvalue weighted by Gasteiger charge is 2.10. The maximum Gasteiger partial charge on any atom is 0.0638 e. The van der Waals surface area contributed by atoms with E-state index in [0.717, 1.165) is 18.5 Å². The fourth-order valence-electron chi connectivity index (χ4n) is 1.63. The molecule has 74 valence electrons. The molecule has 0 saturated heterocycles. The number of rotatable bonds is 4. The normalized spacial score (nSPS) is 9.79. The van der Waals surface area contributed by atoms with Crippen LogP contribution in [0.1, 0.15) is 23.4 Å². The fraction of sp³-hybridized carbons (Fsp3) is 0.417. The van der Waals surface area contributed by atoms with Crippen molar-refractivity contribution in [3.8, 4) is 12.3 Å². The van der Waals surface area contributed by atoms with Gasteiger partial charge in [0.15, 0.2) is 0 Å². The van der Waals surface area contributed by atoms with Crippen LogP contribution in [0.15, 0.2) is 12.7 Å². The van der Waals surface area contributed by atoms with E-state index < -0.39 is 0 Å². The van der Waals surface area contributed by atoms with Gasteiger partial charge in [0.2, 0.25) is 0 Å². The average Bonchev–Trinajstić information content (AvgIpc) is 2.40. The molecule has 0 saturated carbocycles. The van der Waals surface area contributed by atoms with Gasteiger partial charge in [0.25, 0.3) is 0 Å². The minimum atomic E-state index is 0.673. The number of terminal acetylenes is 1. The topological polar surface area (TPSA) is 17.8 Å². The maximum atomic E-state index is 5.33. The van der Waals surface area contributed by atoms with Crippen molar-refractivity contribution in [1.82, 2.24) is 9.78 Å². The van der Waals surface area contributed by atoms with E-state index in [0.29, 0.717) is 6.42 Å². The quantitative estimate of drug-likeness (QED) is 0.522. The Morgan fingerprint density at radius 3 is 2.93 bits per heavy atom. The van der Waals surface area contributed by atoms with Crippen molar-refractivity contribution in [3.63, 3.8) is 0 Å². The molecular weight excluding hydrogens is 172 g/mol. The predicted molar refractivity (Wildman–Crippen MR) is 59.0 cm³/mol. The summed E-state index contributed by atoms with van der Waals surface area (Å²) in [5.74, 6) is 2.68. The Labute approximate surface area is 85.6 Å². The number of nitrogens with zero attached hydrogens (tertiary/aromatic N) is 2. The van der Waals surface area contributed by atoms with E-state index in [-0.39, 0.29) is 0 Å². The van der Waals surface area contributed by atoms with Gasteiger partial charge in [-0.25, -0.2) is 0 Å². The molecule has 2 nitrogen and oxygen atoms in total. The Kier molecular flexibility index (Phi) is 3.53. The summed E-state index contributed by atoms with van der Waals surface area (Å²) in [7, 11) is 1.96. The van der Waals surface area contributed by atoms with Gasteiger partial charge >= 0.3 is 0 Å². The summed E-state index contributed by atoms with van der Waals surface area (Å²) in [6.45, 7) is 5.72. The summed E-state index contributed by atoms with van der Waals surface area (Å²) in [6, 6.07) is 0. The van der Waals surface area contributed by atoms with Crippen molar-refractivity contribution in [2.45, 2.75) is 26.2 Å². The second-order valence-electron chi connectivity index (χ2n) is 3.34. The molecule has 0 atom stereocenters. The Morgan fingerprint density at radius 1 is 1.64 bits per heavy atom. The van der Waals surface area contributed by atoms with Crippen LogP contribution in [0.4, 0.5) is 0 Å². The lowest BCUT2D eigenvalue weighted by molar-refractivity contribution is 0.699. The van der Waals surface area contributed by atoms with Crippen molar-refractivity contribution in [3.05, 3.63) is 29.6 Å². The first-order valence-electron chi connectivity index (χ1n) is 4.76. The minimum absolute atomic E-state index is 0.673. The zero-order valence-corrected chi connectivity index (χ0v) is 8.88. The smallest absolute Gasteiger partial charge is 0.0638 e. The fourth-order valence-corrected chi connectivity index (χ4v) is 1.63. The molecule has 1 aromatic heterocycles. The van der Waals surface area contributed by atoms with Gasteiger partial charge in [-0.3, -0.25) is 4.68 Å². The maximum absolute atomic E-state index is 5.33. The van der Waals surface area contributed by atoms with Crippen LogP contribution in [0.25, 0.3) is 0 Å². The van der Waals surface area contributed by atoms with Crippen LogP contribution in [-0.4, -0.2) is 9.78 Å². The molecule has 0 aromatic carbocycles. The zero-order chi connectivity index (χ0) is 10.6. The SMILES string of the molecule is C#CCc1c(C)nn(C)c1CCC=C. The standard InChI is InChI=1S/C12H16N2/c1-5-7-9-12-11(8-6-2)10(3)13-14(12)4/h2,5H,1,7-9H2,3-4H3. The Hall–Kier alpha value is -1.49. The molecule has 2 heteroatoms. The first-order valence-corrected chi connectivity index (χ1v) is 4.76. The summed E-state index contributed by atoms with van der Waals surface area (Å²) in [5.41, 5.74) is 3.49. The summed E-state index contributed by atoms with van der Waals surface area (Å²) in [6.07, 6.45) is 9.86. The molecule has 1 aromatic rings. The highest BCUT2D eigenvalue weighted by molar-refractivity contribution is 5.29. The number of hydrogen-bond donors (Lipinski definition) is 0. The lowest BCUT2D eigenvalue weighted by Crippen LogP contribution is -2.00. The second-order valence-corrected chi connectivity index (χ2v) is 3.34. The van der Waals surface area contributed by atoms with E-state index in [1.165, 1.54) is 11.3 Å². The second kappa shape index (κ2) is 4.66. The largest absolute Gasteiger partial charge is 0.272 e. The van der Waals surface area contributed by atoms with Crippen molar-refractivity contribution in [1.29, 1.82) is 0 Å². The highest BCUT2D eigenvalue weighted by Crippen LogP contribution is 2.15. The number of aryl methyl sites for hydroxylation is 2. The highest BCUT2D eigenvalue weighted by atomic mass is 15.3. The van der Waals surface area contributed by atoms with Crippen LogP contribution < -0.4 is 0 Å². The summed E-state index contributed by atoms with van der Waals surface area (Å²) in [5, 5.41) is 4.37. The zero-order valence-electron chi connectivity index (χ0n) is 8.88. The first-order chi connectivity index (χ1) is 6.70. The third-order valence-electron chi connectivity index (χ3n) is 2.34. The van der Waals surface area contributed by atoms with E-state index in [4.69, 9.17) is 6.42 Å². The van der Waals surface area contributed by atoms with E-state index in [9.17, 15) is 0 Å². The van der Waals surface area contributed by atoms with Crippen molar-refractivity contribution >= 4 is 0 Å². The Balaban J connectivity index is 2.99. The van der Waals surface area contributed by atoms with Gasteiger partial charge in [0, 0.05) is 24.7 Å². The van der Waals surface area contributed by atoms with Gasteiger partial charge in [-0.2, -0.15) is 5.10 Å². The van der Waals surface area contributed by atoms with E-state index >= 15 is 0 Å². The molecule has 1 heterocycles. The molecule has 0 unspecified atom stereocenters.